The monoisotopic (exact) mass is 382 g/mol. The molecule has 0 aromatic rings. The Hall–Kier alpha value is -0.930. The highest BCUT2D eigenvalue weighted by Crippen LogP contribution is 2.07. The van der Waals surface area contributed by atoms with Crippen LogP contribution in [0.4, 0.5) is 0 Å². The van der Waals surface area contributed by atoms with Crippen LogP contribution >= 0.6 is 22.6 Å². The van der Waals surface area contributed by atoms with Crippen LogP contribution in [0.1, 0.15) is 13.3 Å². The average molecular weight is 382 g/mol. The quantitative estimate of drug-likeness (QED) is 0.258. The molecule has 0 saturated carbocycles. The summed E-state index contributed by atoms with van der Waals surface area (Å²) in [5.74, 6) is -1.08. The number of nitrogens with one attached hydrogen (secondary N) is 2. The number of hydrogen-bond acceptors (Lipinski definition) is 5. The van der Waals surface area contributed by atoms with E-state index in [9.17, 15) is 14.7 Å². The summed E-state index contributed by atoms with van der Waals surface area (Å²) >= 11 is 2.13. The number of amides is 1. The molecule has 0 aromatic heterocycles. The molecule has 0 saturated heterocycles. The summed E-state index contributed by atoms with van der Waals surface area (Å²) in [4.78, 5) is 23.0. The third-order valence-corrected chi connectivity index (χ3v) is 3.22. The van der Waals surface area contributed by atoms with Crippen molar-refractivity contribution >= 4 is 34.5 Å². The van der Waals surface area contributed by atoms with Gasteiger partial charge >= 0.3 is 5.97 Å². The molecule has 0 heterocycles. The van der Waals surface area contributed by atoms with Crippen molar-refractivity contribution < 1.29 is 19.4 Å². The van der Waals surface area contributed by atoms with Gasteiger partial charge in [-0.3, -0.25) is 10.1 Å². The Morgan fingerprint density at radius 3 is 2.58 bits per heavy atom. The minimum Gasteiger partial charge on any atom is -0.467 e. The Kier molecular flexibility index (Phi) is 9.44. The van der Waals surface area contributed by atoms with E-state index >= 15 is 0 Å². The number of aliphatic hydroxyl groups excluding tert-OH is 1. The number of allylic oxidation sites excluding steroid dienone is 3. The van der Waals surface area contributed by atoms with Gasteiger partial charge in [0.15, 0.2) is 6.04 Å². The van der Waals surface area contributed by atoms with E-state index in [0.717, 1.165) is 3.58 Å². The molecule has 19 heavy (non-hydrogen) atoms. The lowest BCUT2D eigenvalue weighted by Gasteiger charge is -2.20. The summed E-state index contributed by atoms with van der Waals surface area (Å²) in [7, 11) is 2.67. The van der Waals surface area contributed by atoms with Gasteiger partial charge in [-0.1, -0.05) is 18.2 Å². The van der Waals surface area contributed by atoms with Gasteiger partial charge in [-0.05, 0) is 36.6 Å². The highest BCUT2D eigenvalue weighted by atomic mass is 127. The fourth-order valence-corrected chi connectivity index (χ4v) is 1.42. The van der Waals surface area contributed by atoms with Gasteiger partial charge in [-0.2, -0.15) is 0 Å². The van der Waals surface area contributed by atoms with Crippen molar-refractivity contribution in [2.24, 2.45) is 0 Å². The van der Waals surface area contributed by atoms with Crippen LogP contribution in [0.5, 0.6) is 0 Å². The first kappa shape index (κ1) is 18.1. The van der Waals surface area contributed by atoms with Crippen LogP contribution in [0.2, 0.25) is 0 Å². The molecule has 0 radical (unpaired) electrons. The Morgan fingerprint density at radius 1 is 1.47 bits per heavy atom. The SMILES string of the molecule is C/C=C(I)\C=C/CC(=O)NC(C(=O)OC)C(O)NC. The van der Waals surface area contributed by atoms with E-state index < -0.39 is 18.2 Å². The van der Waals surface area contributed by atoms with E-state index in [1.807, 2.05) is 13.0 Å². The zero-order chi connectivity index (χ0) is 14.8. The lowest BCUT2D eigenvalue weighted by atomic mass is 10.2. The summed E-state index contributed by atoms with van der Waals surface area (Å²) in [6, 6.07) is -1.13. The Labute approximate surface area is 126 Å². The van der Waals surface area contributed by atoms with Gasteiger partial charge in [-0.15, -0.1) is 0 Å². The average Bonchev–Trinajstić information content (AvgIpc) is 2.42. The van der Waals surface area contributed by atoms with Crippen molar-refractivity contribution in [3.8, 4) is 0 Å². The minimum atomic E-state index is -1.20. The zero-order valence-corrected chi connectivity index (χ0v) is 13.3. The predicted molar refractivity (Wildman–Crippen MR) is 80.5 cm³/mol. The van der Waals surface area contributed by atoms with Crippen LogP contribution in [0.25, 0.3) is 0 Å². The third-order valence-electron chi connectivity index (χ3n) is 2.24. The van der Waals surface area contributed by atoms with E-state index in [-0.39, 0.29) is 12.3 Å². The number of ether oxygens (including phenoxy) is 1. The van der Waals surface area contributed by atoms with Crippen molar-refractivity contribution in [1.82, 2.24) is 10.6 Å². The Bertz CT molecular complexity index is 369. The van der Waals surface area contributed by atoms with E-state index in [1.165, 1.54) is 14.2 Å². The number of esters is 1. The van der Waals surface area contributed by atoms with Crippen molar-refractivity contribution in [2.45, 2.75) is 25.6 Å². The largest absolute Gasteiger partial charge is 0.467 e. The highest BCUT2D eigenvalue weighted by molar-refractivity contribution is 14.1. The first-order valence-electron chi connectivity index (χ1n) is 5.67. The molecule has 0 fully saturated rings. The van der Waals surface area contributed by atoms with Gasteiger partial charge < -0.3 is 15.2 Å². The molecule has 0 aliphatic rings. The first-order chi connectivity index (χ1) is 8.96. The standard InChI is InChI=1S/C12H19IN2O4/c1-4-8(13)6-5-7-9(16)15-10(11(17)14-2)12(18)19-3/h4-6,10-11,14,17H,7H2,1-3H3,(H,15,16)/b6-5-,8-4+. The number of halogens is 1. The molecule has 2 atom stereocenters. The lowest BCUT2D eigenvalue weighted by Crippen LogP contribution is -2.53. The molecule has 2 unspecified atom stereocenters. The van der Waals surface area contributed by atoms with E-state index in [0.29, 0.717) is 0 Å². The molecular formula is C12H19IN2O4. The normalized spacial score (nSPS) is 15.1. The fourth-order valence-electron chi connectivity index (χ4n) is 1.17. The molecule has 0 bridgehead atoms. The van der Waals surface area contributed by atoms with Gasteiger partial charge in [0.05, 0.1) is 7.11 Å². The molecule has 0 aliphatic heterocycles. The summed E-state index contributed by atoms with van der Waals surface area (Å²) in [5.41, 5.74) is 0. The first-order valence-corrected chi connectivity index (χ1v) is 6.75. The summed E-state index contributed by atoms with van der Waals surface area (Å²) in [5, 5.41) is 14.5. The maximum Gasteiger partial charge on any atom is 0.332 e. The third kappa shape index (κ3) is 7.28. The lowest BCUT2D eigenvalue weighted by molar-refractivity contribution is -0.148. The number of methoxy groups -OCH3 is 1. The molecule has 1 amide bonds. The molecule has 0 spiro atoms. The van der Waals surface area contributed by atoms with Gasteiger partial charge in [0.2, 0.25) is 5.91 Å². The van der Waals surface area contributed by atoms with E-state index in [1.54, 1.807) is 12.2 Å². The number of hydrogen-bond donors (Lipinski definition) is 3. The molecule has 7 heteroatoms. The van der Waals surface area contributed by atoms with Crippen molar-refractivity contribution in [1.29, 1.82) is 0 Å². The maximum absolute atomic E-state index is 11.6. The van der Waals surface area contributed by atoms with Crippen molar-refractivity contribution in [2.75, 3.05) is 14.2 Å². The summed E-state index contributed by atoms with van der Waals surface area (Å²) < 4.78 is 5.52. The number of aliphatic hydroxyl groups is 1. The number of rotatable bonds is 7. The highest BCUT2D eigenvalue weighted by Gasteiger charge is 2.27. The number of likely N-dealkylation sites (N-methyl/N-ethyl adjacent to an activating group) is 1. The van der Waals surface area contributed by atoms with Gasteiger partial charge in [0, 0.05) is 10.0 Å². The van der Waals surface area contributed by atoms with E-state index in [2.05, 4.69) is 38.0 Å². The van der Waals surface area contributed by atoms with Gasteiger partial charge in [0.1, 0.15) is 6.23 Å². The molecular weight excluding hydrogens is 363 g/mol. The molecule has 3 N–H and O–H groups in total. The fraction of sp³-hybridized carbons (Fsp3) is 0.500. The predicted octanol–water partition coefficient (Wildman–Crippen LogP) is 0.467. The zero-order valence-electron chi connectivity index (χ0n) is 11.1. The number of carbonyl (C=O) groups excluding carboxylic acids is 2. The van der Waals surface area contributed by atoms with Crippen LogP contribution < -0.4 is 10.6 Å². The van der Waals surface area contributed by atoms with Crippen molar-refractivity contribution in [3.63, 3.8) is 0 Å². The van der Waals surface area contributed by atoms with Crippen LogP contribution in [-0.4, -0.2) is 43.4 Å². The van der Waals surface area contributed by atoms with E-state index in [4.69, 9.17) is 0 Å². The smallest absolute Gasteiger partial charge is 0.332 e. The Balaban J connectivity index is 4.48. The van der Waals surface area contributed by atoms with Gasteiger partial charge in [-0.25, -0.2) is 4.79 Å². The number of carbonyl (C=O) groups is 2. The Morgan fingerprint density at radius 2 is 2.11 bits per heavy atom. The molecule has 6 nitrogen and oxygen atoms in total. The molecule has 0 aliphatic carbocycles. The van der Waals surface area contributed by atoms with Crippen molar-refractivity contribution in [3.05, 3.63) is 21.8 Å². The second-order valence-corrected chi connectivity index (χ2v) is 4.83. The second-order valence-electron chi connectivity index (χ2n) is 3.58. The topological polar surface area (TPSA) is 87.7 Å². The summed E-state index contributed by atoms with van der Waals surface area (Å²) in [6.45, 7) is 1.89. The van der Waals surface area contributed by atoms with Crippen LogP contribution in [0, 0.1) is 0 Å². The maximum atomic E-state index is 11.6. The minimum absolute atomic E-state index is 0.115. The molecule has 0 aromatic carbocycles. The van der Waals surface area contributed by atoms with Gasteiger partial charge in [0.25, 0.3) is 0 Å². The van der Waals surface area contributed by atoms with Crippen LogP contribution in [-0.2, 0) is 14.3 Å². The second kappa shape index (κ2) is 9.93. The molecule has 108 valence electrons. The summed E-state index contributed by atoms with van der Waals surface area (Å²) in [6.07, 6.45) is 4.29. The van der Waals surface area contributed by atoms with Crippen LogP contribution in [0.3, 0.4) is 0 Å². The molecule has 0 rings (SSSR count). The van der Waals surface area contributed by atoms with Crippen LogP contribution in [0.15, 0.2) is 21.8 Å².